The van der Waals surface area contributed by atoms with Crippen molar-refractivity contribution in [2.75, 3.05) is 26.2 Å². The van der Waals surface area contributed by atoms with Gasteiger partial charge in [0.25, 0.3) is 0 Å². The monoisotopic (exact) mass is 297 g/mol. The van der Waals surface area contributed by atoms with E-state index in [1.54, 1.807) is 0 Å². The van der Waals surface area contributed by atoms with Gasteiger partial charge in [-0.1, -0.05) is 6.07 Å². The highest BCUT2D eigenvalue weighted by Crippen LogP contribution is 2.19. The average Bonchev–Trinajstić information content (AvgIpc) is 2.96. The van der Waals surface area contributed by atoms with Crippen LogP contribution < -0.4 is 10.8 Å². The summed E-state index contributed by atoms with van der Waals surface area (Å²) < 4.78 is 0. The van der Waals surface area contributed by atoms with E-state index in [9.17, 15) is 4.79 Å². The van der Waals surface area contributed by atoms with Crippen molar-refractivity contribution in [3.8, 4) is 0 Å². The highest BCUT2D eigenvalue weighted by atomic mass is 32.1. The van der Waals surface area contributed by atoms with Crippen molar-refractivity contribution < 1.29 is 9.63 Å². The van der Waals surface area contributed by atoms with Gasteiger partial charge in [0.15, 0.2) is 0 Å². The number of carbonyl (C=O) groups is 1. The lowest BCUT2D eigenvalue weighted by molar-refractivity contribution is 0.0695. The fourth-order valence-electron chi connectivity index (χ4n) is 2.50. The largest absolute Gasteiger partial charge is 0.338 e. The van der Waals surface area contributed by atoms with Crippen molar-refractivity contribution in [1.82, 2.24) is 15.7 Å². The van der Waals surface area contributed by atoms with E-state index in [1.807, 2.05) is 18.3 Å². The Morgan fingerprint density at radius 1 is 1.60 bits per heavy atom. The molecule has 2 amide bonds. The standard InChI is InChI=1S/C14H23N3O2S/c1-2-19-16-14(18)15-9-12-5-3-7-17(10-12)11-13-6-4-8-20-13/h4,6,8,12H,2-3,5,7,9-11H2,1H3,(H2,15,16,18)/t12-/m0/s1. The van der Waals surface area contributed by atoms with Gasteiger partial charge in [-0.15, -0.1) is 11.3 Å². The number of hydroxylamine groups is 1. The Kier molecular flexibility index (Phi) is 6.29. The molecule has 1 atom stereocenters. The second kappa shape index (κ2) is 8.24. The first kappa shape index (κ1) is 15.3. The Bertz CT molecular complexity index is 397. The first-order valence-corrected chi connectivity index (χ1v) is 8.06. The van der Waals surface area contributed by atoms with Gasteiger partial charge in [0, 0.05) is 24.5 Å². The normalized spacial score (nSPS) is 19.8. The fourth-order valence-corrected chi connectivity index (χ4v) is 3.24. The molecule has 0 radical (unpaired) electrons. The molecule has 6 heteroatoms. The molecule has 1 aliphatic rings. The summed E-state index contributed by atoms with van der Waals surface area (Å²) in [6.45, 7) is 6.25. The molecule has 2 heterocycles. The topological polar surface area (TPSA) is 53.6 Å². The van der Waals surface area contributed by atoms with Gasteiger partial charge >= 0.3 is 6.03 Å². The third-order valence-corrected chi connectivity index (χ3v) is 4.28. The Balaban J connectivity index is 1.69. The number of hydrogen-bond acceptors (Lipinski definition) is 4. The van der Waals surface area contributed by atoms with E-state index in [-0.39, 0.29) is 6.03 Å². The minimum absolute atomic E-state index is 0.248. The lowest BCUT2D eigenvalue weighted by Gasteiger charge is -2.32. The van der Waals surface area contributed by atoms with Gasteiger partial charge in [-0.2, -0.15) is 0 Å². The third kappa shape index (κ3) is 5.11. The number of nitrogens with one attached hydrogen (secondary N) is 2. The molecule has 0 aromatic carbocycles. The van der Waals surface area contributed by atoms with Gasteiger partial charge < -0.3 is 5.32 Å². The second-order valence-corrected chi connectivity index (χ2v) is 6.10. The van der Waals surface area contributed by atoms with Crippen LogP contribution in [0.2, 0.25) is 0 Å². The number of likely N-dealkylation sites (tertiary alicyclic amines) is 1. The van der Waals surface area contributed by atoms with Crippen molar-refractivity contribution in [3.05, 3.63) is 22.4 Å². The number of piperidine rings is 1. The second-order valence-electron chi connectivity index (χ2n) is 5.07. The molecule has 1 saturated heterocycles. The highest BCUT2D eigenvalue weighted by molar-refractivity contribution is 7.09. The molecule has 0 aliphatic carbocycles. The van der Waals surface area contributed by atoms with Crippen LogP contribution in [0.4, 0.5) is 4.79 Å². The molecule has 1 aliphatic heterocycles. The zero-order valence-electron chi connectivity index (χ0n) is 11.9. The third-order valence-electron chi connectivity index (χ3n) is 3.42. The summed E-state index contributed by atoms with van der Waals surface area (Å²) >= 11 is 1.81. The molecule has 2 N–H and O–H groups in total. The Hall–Kier alpha value is -1.11. The van der Waals surface area contributed by atoms with Crippen molar-refractivity contribution in [1.29, 1.82) is 0 Å². The molecule has 112 valence electrons. The number of hydrogen-bond donors (Lipinski definition) is 2. The van der Waals surface area contributed by atoms with Crippen molar-refractivity contribution >= 4 is 17.4 Å². The first-order chi connectivity index (χ1) is 9.78. The molecule has 0 spiro atoms. The van der Waals surface area contributed by atoms with Crippen LogP contribution in [-0.4, -0.2) is 37.2 Å². The van der Waals surface area contributed by atoms with Crippen LogP contribution in [0.3, 0.4) is 0 Å². The molecular formula is C14H23N3O2S. The zero-order valence-corrected chi connectivity index (χ0v) is 12.7. The molecule has 1 aromatic heterocycles. The van der Waals surface area contributed by atoms with Crippen LogP contribution in [0.5, 0.6) is 0 Å². The molecule has 1 aromatic rings. The van der Waals surface area contributed by atoms with Gasteiger partial charge in [0.2, 0.25) is 0 Å². The van der Waals surface area contributed by atoms with Crippen molar-refractivity contribution in [2.45, 2.75) is 26.3 Å². The lowest BCUT2D eigenvalue weighted by Crippen LogP contribution is -2.43. The quantitative estimate of drug-likeness (QED) is 0.792. The van der Waals surface area contributed by atoms with E-state index < -0.39 is 0 Å². The summed E-state index contributed by atoms with van der Waals surface area (Å²) in [5, 5.41) is 4.99. The van der Waals surface area contributed by atoms with E-state index in [2.05, 4.69) is 33.2 Å². The number of urea groups is 1. The van der Waals surface area contributed by atoms with E-state index in [1.165, 1.54) is 17.7 Å². The summed E-state index contributed by atoms with van der Waals surface area (Å²) in [5.41, 5.74) is 2.36. The minimum Gasteiger partial charge on any atom is -0.336 e. The summed E-state index contributed by atoms with van der Waals surface area (Å²) in [6.07, 6.45) is 2.38. The van der Waals surface area contributed by atoms with Crippen molar-refractivity contribution in [2.24, 2.45) is 5.92 Å². The van der Waals surface area contributed by atoms with Crippen LogP contribution >= 0.6 is 11.3 Å². The number of nitrogens with zero attached hydrogens (tertiary/aromatic N) is 1. The molecule has 0 saturated carbocycles. The summed E-state index contributed by atoms with van der Waals surface area (Å²) in [6, 6.07) is 4.03. The van der Waals surface area contributed by atoms with Gasteiger partial charge in [-0.25, -0.2) is 10.3 Å². The summed E-state index contributed by atoms with van der Waals surface area (Å²) in [4.78, 5) is 20.2. The maximum absolute atomic E-state index is 11.4. The Labute approximate surface area is 124 Å². The lowest BCUT2D eigenvalue weighted by atomic mass is 9.98. The van der Waals surface area contributed by atoms with E-state index in [0.717, 1.165) is 19.6 Å². The molecular weight excluding hydrogens is 274 g/mol. The van der Waals surface area contributed by atoms with Gasteiger partial charge in [0.1, 0.15) is 0 Å². The van der Waals surface area contributed by atoms with Gasteiger partial charge in [-0.3, -0.25) is 9.74 Å². The predicted molar refractivity (Wildman–Crippen MR) is 80.5 cm³/mol. The number of amides is 2. The summed E-state index contributed by atoms with van der Waals surface area (Å²) in [7, 11) is 0. The van der Waals surface area contributed by atoms with Gasteiger partial charge in [0.05, 0.1) is 6.61 Å². The van der Waals surface area contributed by atoms with E-state index in [0.29, 0.717) is 19.1 Å². The highest BCUT2D eigenvalue weighted by Gasteiger charge is 2.20. The van der Waals surface area contributed by atoms with Crippen LogP contribution in [0, 0.1) is 5.92 Å². The number of rotatable bonds is 6. The first-order valence-electron chi connectivity index (χ1n) is 7.18. The Morgan fingerprint density at radius 2 is 2.50 bits per heavy atom. The van der Waals surface area contributed by atoms with E-state index >= 15 is 0 Å². The SMILES string of the molecule is CCONC(=O)NC[C@@H]1CCCN(Cc2cccs2)C1. The summed E-state index contributed by atoms with van der Waals surface area (Å²) in [5.74, 6) is 0.524. The molecule has 0 bridgehead atoms. The van der Waals surface area contributed by atoms with Crippen molar-refractivity contribution in [3.63, 3.8) is 0 Å². The fraction of sp³-hybridized carbons (Fsp3) is 0.643. The maximum atomic E-state index is 11.4. The smallest absolute Gasteiger partial charge is 0.336 e. The predicted octanol–water partition coefficient (Wildman–Crippen LogP) is 2.21. The number of carbonyl (C=O) groups excluding carboxylic acids is 1. The van der Waals surface area contributed by atoms with Crippen LogP contribution in [0.25, 0.3) is 0 Å². The van der Waals surface area contributed by atoms with Crippen LogP contribution in [-0.2, 0) is 11.4 Å². The van der Waals surface area contributed by atoms with Gasteiger partial charge in [-0.05, 0) is 43.7 Å². The average molecular weight is 297 g/mol. The number of thiophene rings is 1. The molecule has 20 heavy (non-hydrogen) atoms. The van der Waals surface area contributed by atoms with Crippen LogP contribution in [0.1, 0.15) is 24.6 Å². The maximum Gasteiger partial charge on any atom is 0.338 e. The van der Waals surface area contributed by atoms with E-state index in [4.69, 9.17) is 4.84 Å². The molecule has 0 unspecified atom stereocenters. The molecule has 2 rings (SSSR count). The van der Waals surface area contributed by atoms with Crippen LogP contribution in [0.15, 0.2) is 17.5 Å². The molecule has 5 nitrogen and oxygen atoms in total. The Morgan fingerprint density at radius 3 is 3.25 bits per heavy atom. The minimum atomic E-state index is -0.248. The zero-order chi connectivity index (χ0) is 14.2. The molecule has 1 fully saturated rings.